The molecule has 33 heavy (non-hydrogen) atoms. The summed E-state index contributed by atoms with van der Waals surface area (Å²) < 4.78 is 59.6. The van der Waals surface area contributed by atoms with Gasteiger partial charge in [-0.15, -0.1) is 0 Å². The topological polar surface area (TPSA) is 84.7 Å². The van der Waals surface area contributed by atoms with Crippen LogP contribution in [0.3, 0.4) is 0 Å². The van der Waals surface area contributed by atoms with Crippen molar-refractivity contribution in [3.8, 4) is 5.75 Å². The lowest BCUT2D eigenvalue weighted by atomic mass is 10.2. The van der Waals surface area contributed by atoms with Gasteiger partial charge < -0.3 is 18.4 Å². The molecule has 0 N–H and O–H groups in total. The van der Waals surface area contributed by atoms with Crippen molar-refractivity contribution in [3.05, 3.63) is 47.8 Å². The van der Waals surface area contributed by atoms with Crippen LogP contribution in [0.5, 0.6) is 5.75 Å². The van der Waals surface area contributed by atoms with E-state index in [4.69, 9.17) is 18.4 Å². The van der Waals surface area contributed by atoms with Crippen LogP contribution in [0.2, 0.25) is 0 Å². The summed E-state index contributed by atoms with van der Waals surface area (Å²) in [6, 6.07) is 8.64. The number of hydrogen-bond donors (Lipinski definition) is 0. The molecule has 2 aromatic heterocycles. The number of carbonyl (C=O) groups is 1. The number of nitrogens with zero attached hydrogens (tertiary/aromatic N) is 3. The van der Waals surface area contributed by atoms with E-state index in [0.29, 0.717) is 28.4 Å². The van der Waals surface area contributed by atoms with Crippen LogP contribution in [0.4, 0.5) is 18.0 Å². The molecule has 0 spiro atoms. The molecule has 0 radical (unpaired) electrons. The predicted octanol–water partition coefficient (Wildman–Crippen LogP) is 5.67. The second-order valence-corrected chi connectivity index (χ2v) is 7.58. The molecule has 180 valence electrons. The Kier molecular flexibility index (Phi) is 8.39. The Bertz CT molecular complexity index is 1100. The Morgan fingerprint density at radius 3 is 2.76 bits per heavy atom. The van der Waals surface area contributed by atoms with Crippen molar-refractivity contribution in [1.82, 2.24) is 14.5 Å². The smallest absolute Gasteiger partial charge is 0.484 e. The zero-order chi connectivity index (χ0) is 23.8. The maximum atomic E-state index is 12.4. The SMILES string of the molecule is CCCOC(=O)OCn1c(SOCc2nccc(OCC(F)(F)F)c2C)nc2ccccc21.[HH]. The summed E-state index contributed by atoms with van der Waals surface area (Å²) in [6.45, 7) is 2.20. The average molecular weight is 488 g/mol. The maximum absolute atomic E-state index is 12.4. The lowest BCUT2D eigenvalue weighted by Gasteiger charge is -2.13. The minimum atomic E-state index is -4.44. The predicted molar refractivity (Wildman–Crippen MR) is 116 cm³/mol. The van der Waals surface area contributed by atoms with Gasteiger partial charge in [0.25, 0.3) is 0 Å². The second-order valence-electron chi connectivity index (χ2n) is 6.81. The summed E-state index contributed by atoms with van der Waals surface area (Å²) in [5.74, 6) is 0.0807. The van der Waals surface area contributed by atoms with Gasteiger partial charge in [0.2, 0.25) is 0 Å². The van der Waals surface area contributed by atoms with Gasteiger partial charge in [-0.05, 0) is 31.5 Å². The highest BCUT2D eigenvalue weighted by Crippen LogP contribution is 2.28. The fourth-order valence-corrected chi connectivity index (χ4v) is 3.40. The van der Waals surface area contributed by atoms with Crippen LogP contribution >= 0.6 is 12.0 Å². The zero-order valence-corrected chi connectivity index (χ0v) is 18.7. The van der Waals surface area contributed by atoms with Crippen LogP contribution in [0.1, 0.15) is 26.0 Å². The van der Waals surface area contributed by atoms with Crippen LogP contribution < -0.4 is 4.74 Å². The quantitative estimate of drug-likeness (QED) is 0.267. The van der Waals surface area contributed by atoms with Crippen LogP contribution in [-0.4, -0.2) is 40.1 Å². The average Bonchev–Trinajstić information content (AvgIpc) is 3.13. The van der Waals surface area contributed by atoms with E-state index in [2.05, 4.69) is 9.97 Å². The third-order valence-electron chi connectivity index (χ3n) is 4.33. The van der Waals surface area contributed by atoms with E-state index in [9.17, 15) is 18.0 Å². The van der Waals surface area contributed by atoms with Crippen LogP contribution in [0.25, 0.3) is 11.0 Å². The van der Waals surface area contributed by atoms with E-state index in [0.717, 1.165) is 17.6 Å². The molecule has 0 amide bonds. The standard InChI is InChI=1S/C21H22F3N3O5S.H2/c1-3-10-29-20(28)31-13-27-17-7-5-4-6-15(17)26-19(27)33-32-11-16-14(2)18(8-9-25-16)30-12-21(22,23)24;/h4-9H,3,10-13H2,1-2H3;1H. The molecule has 0 aliphatic rings. The minimum absolute atomic E-state index is 0. The van der Waals surface area contributed by atoms with Crippen LogP contribution in [0, 0.1) is 6.92 Å². The summed E-state index contributed by atoms with van der Waals surface area (Å²) >= 11 is 0.928. The largest absolute Gasteiger partial charge is 0.510 e. The first-order valence-electron chi connectivity index (χ1n) is 9.96. The molecule has 3 aromatic rings. The molecule has 12 heteroatoms. The number of pyridine rings is 1. The molecule has 0 fully saturated rings. The Labute approximate surface area is 193 Å². The van der Waals surface area contributed by atoms with E-state index in [-0.39, 0.29) is 27.1 Å². The highest BCUT2D eigenvalue weighted by Gasteiger charge is 2.28. The lowest BCUT2D eigenvalue weighted by molar-refractivity contribution is -0.153. The summed E-state index contributed by atoms with van der Waals surface area (Å²) in [5, 5.41) is 0.418. The van der Waals surface area contributed by atoms with Crippen LogP contribution in [0.15, 0.2) is 41.7 Å². The molecule has 0 saturated heterocycles. The Morgan fingerprint density at radius 2 is 2.00 bits per heavy atom. The number of aromatic nitrogens is 3. The van der Waals surface area contributed by atoms with Gasteiger partial charge in [0.05, 0.1) is 35.4 Å². The van der Waals surface area contributed by atoms with Crippen molar-refractivity contribution >= 4 is 29.2 Å². The summed E-state index contributed by atoms with van der Waals surface area (Å²) in [5.41, 5.74) is 2.26. The number of hydrogen-bond acceptors (Lipinski definition) is 8. The fraction of sp³-hybridized carbons (Fsp3) is 0.381. The van der Waals surface area contributed by atoms with Crippen molar-refractivity contribution in [1.29, 1.82) is 0 Å². The number of para-hydroxylation sites is 2. The first-order chi connectivity index (χ1) is 15.8. The number of carbonyl (C=O) groups excluding carboxylic acids is 1. The summed E-state index contributed by atoms with van der Waals surface area (Å²) in [4.78, 5) is 20.4. The number of rotatable bonds is 10. The van der Waals surface area contributed by atoms with E-state index >= 15 is 0 Å². The molecule has 2 heterocycles. The number of halogens is 3. The first-order valence-corrected chi connectivity index (χ1v) is 10.7. The van der Waals surface area contributed by atoms with Gasteiger partial charge in [0, 0.05) is 13.2 Å². The van der Waals surface area contributed by atoms with E-state index in [1.165, 1.54) is 12.3 Å². The Balaban J connectivity index is 0.00000408. The molecule has 0 aliphatic carbocycles. The molecule has 8 nitrogen and oxygen atoms in total. The molecular weight excluding hydrogens is 463 g/mol. The van der Waals surface area contributed by atoms with Gasteiger partial charge in [0.1, 0.15) is 12.4 Å². The monoisotopic (exact) mass is 487 g/mol. The van der Waals surface area contributed by atoms with Gasteiger partial charge in [-0.3, -0.25) is 9.55 Å². The van der Waals surface area contributed by atoms with Crippen molar-refractivity contribution in [2.24, 2.45) is 0 Å². The molecule has 3 rings (SSSR count). The number of fused-ring (bicyclic) bond motifs is 1. The number of imidazole rings is 1. The molecular formula is C21H24F3N3O5S. The minimum Gasteiger partial charge on any atom is -0.484 e. The van der Waals surface area contributed by atoms with Crippen molar-refractivity contribution in [3.63, 3.8) is 0 Å². The number of ether oxygens (including phenoxy) is 3. The van der Waals surface area contributed by atoms with E-state index < -0.39 is 18.9 Å². The highest BCUT2D eigenvalue weighted by molar-refractivity contribution is 7.94. The molecule has 0 aliphatic heterocycles. The molecule has 0 saturated carbocycles. The number of benzene rings is 1. The normalized spacial score (nSPS) is 11.5. The van der Waals surface area contributed by atoms with Gasteiger partial charge in [0.15, 0.2) is 18.5 Å². The van der Waals surface area contributed by atoms with Crippen LogP contribution in [-0.2, 0) is 27.0 Å². The highest BCUT2D eigenvalue weighted by atomic mass is 32.2. The van der Waals surface area contributed by atoms with Gasteiger partial charge in [-0.1, -0.05) is 19.1 Å². The summed E-state index contributed by atoms with van der Waals surface area (Å²) in [7, 11) is 0. The van der Waals surface area contributed by atoms with E-state index in [1.54, 1.807) is 17.6 Å². The first kappa shape index (κ1) is 24.6. The second kappa shape index (κ2) is 11.2. The number of alkyl halides is 3. The Hall–Kier alpha value is -2.99. The van der Waals surface area contributed by atoms with Crippen molar-refractivity contribution in [2.75, 3.05) is 13.2 Å². The molecule has 0 unspecified atom stereocenters. The van der Waals surface area contributed by atoms with Crippen molar-refractivity contribution in [2.45, 2.75) is 44.9 Å². The molecule has 0 atom stereocenters. The van der Waals surface area contributed by atoms with Gasteiger partial charge in [-0.2, -0.15) is 13.2 Å². The lowest BCUT2D eigenvalue weighted by Crippen LogP contribution is -2.19. The van der Waals surface area contributed by atoms with Gasteiger partial charge in [-0.25, -0.2) is 9.78 Å². The summed E-state index contributed by atoms with van der Waals surface area (Å²) in [6.07, 6.45) is -3.20. The fourth-order valence-electron chi connectivity index (χ4n) is 2.74. The maximum Gasteiger partial charge on any atom is 0.510 e. The molecule has 1 aromatic carbocycles. The molecule has 0 bridgehead atoms. The third-order valence-corrected chi connectivity index (χ3v) is 5.03. The third kappa shape index (κ3) is 6.99. The Morgan fingerprint density at radius 1 is 1.21 bits per heavy atom. The van der Waals surface area contributed by atoms with E-state index in [1.807, 2.05) is 25.1 Å². The zero-order valence-electron chi connectivity index (χ0n) is 17.9. The van der Waals surface area contributed by atoms with Gasteiger partial charge >= 0.3 is 12.3 Å². The van der Waals surface area contributed by atoms with Crippen molar-refractivity contribution < 1.29 is 37.8 Å².